The molecule has 0 aliphatic carbocycles. The Morgan fingerprint density at radius 1 is 1.36 bits per heavy atom. The van der Waals surface area contributed by atoms with Gasteiger partial charge in [-0.05, 0) is 5.04 Å². The summed E-state index contributed by atoms with van der Waals surface area (Å²) in [6.45, 7) is 14.7. The molecule has 0 aromatic heterocycles. The van der Waals surface area contributed by atoms with Gasteiger partial charge in [-0.25, -0.2) is 0 Å². The molecule has 0 saturated heterocycles. The van der Waals surface area contributed by atoms with Crippen molar-refractivity contribution >= 4 is 8.07 Å². The first kappa shape index (κ1) is 10.4. The highest BCUT2D eigenvalue weighted by Gasteiger charge is 2.37. The van der Waals surface area contributed by atoms with Gasteiger partial charge < -0.3 is 0 Å². The highest BCUT2D eigenvalue weighted by molar-refractivity contribution is 6.87. The molecule has 0 radical (unpaired) electrons. The van der Waals surface area contributed by atoms with Crippen molar-refractivity contribution < 1.29 is 0 Å². The lowest BCUT2D eigenvalue weighted by Crippen LogP contribution is -2.38. The van der Waals surface area contributed by atoms with Crippen LogP contribution in [-0.2, 0) is 0 Å². The van der Waals surface area contributed by atoms with E-state index in [-0.39, 0.29) is 5.04 Å². The van der Waals surface area contributed by atoms with Gasteiger partial charge in [0.2, 0.25) is 0 Å². The zero-order valence-electron chi connectivity index (χ0n) is 8.15. The van der Waals surface area contributed by atoms with Crippen LogP contribution < -0.4 is 0 Å². The molecule has 0 bridgehead atoms. The van der Waals surface area contributed by atoms with Gasteiger partial charge in [0, 0.05) is 5.20 Å². The van der Waals surface area contributed by atoms with Crippen LogP contribution in [0.3, 0.4) is 0 Å². The SMILES string of the molecule is C=C(C#N)[Si](C)(C)C(C)(C)C. The molecule has 1 nitrogen and oxygen atoms in total. The van der Waals surface area contributed by atoms with E-state index in [1.165, 1.54) is 0 Å². The first-order valence-corrected chi connectivity index (χ1v) is 6.83. The molecule has 0 aliphatic rings. The van der Waals surface area contributed by atoms with Crippen molar-refractivity contribution in [2.24, 2.45) is 0 Å². The van der Waals surface area contributed by atoms with Gasteiger partial charge in [-0.3, -0.25) is 0 Å². The van der Waals surface area contributed by atoms with Crippen molar-refractivity contribution in [1.82, 2.24) is 0 Å². The van der Waals surface area contributed by atoms with E-state index in [1.54, 1.807) is 0 Å². The van der Waals surface area contributed by atoms with Gasteiger partial charge >= 0.3 is 0 Å². The lowest BCUT2D eigenvalue weighted by molar-refractivity contribution is 0.726. The quantitative estimate of drug-likeness (QED) is 0.435. The fourth-order valence-electron chi connectivity index (χ4n) is 0.592. The number of allylic oxidation sites excluding steroid dienone is 1. The maximum atomic E-state index is 8.72. The molecular formula is C9H17NSi. The van der Waals surface area contributed by atoms with E-state index in [2.05, 4.69) is 46.5 Å². The van der Waals surface area contributed by atoms with E-state index >= 15 is 0 Å². The Balaban J connectivity index is 4.77. The monoisotopic (exact) mass is 167 g/mol. The maximum absolute atomic E-state index is 8.72. The van der Waals surface area contributed by atoms with E-state index < -0.39 is 8.07 Å². The Morgan fingerprint density at radius 3 is 1.82 bits per heavy atom. The van der Waals surface area contributed by atoms with Crippen molar-refractivity contribution in [2.75, 3.05) is 0 Å². The molecule has 0 saturated carbocycles. The van der Waals surface area contributed by atoms with Crippen LogP contribution in [0.4, 0.5) is 0 Å². The molecule has 0 rings (SSSR count). The molecule has 2 heteroatoms. The fraction of sp³-hybridized carbons (Fsp3) is 0.667. The van der Waals surface area contributed by atoms with E-state index in [0.717, 1.165) is 5.20 Å². The topological polar surface area (TPSA) is 23.8 Å². The average molecular weight is 167 g/mol. The molecule has 0 heterocycles. The van der Waals surface area contributed by atoms with Gasteiger partial charge in [0.05, 0.1) is 14.1 Å². The summed E-state index contributed by atoms with van der Waals surface area (Å²) in [4.78, 5) is 0. The Morgan fingerprint density at radius 2 is 1.73 bits per heavy atom. The third-order valence-corrected chi connectivity index (χ3v) is 8.14. The van der Waals surface area contributed by atoms with Crippen molar-refractivity contribution in [3.8, 4) is 6.07 Å². The molecule has 11 heavy (non-hydrogen) atoms. The predicted octanol–water partition coefficient (Wildman–Crippen LogP) is 3.11. The second-order valence-electron chi connectivity index (χ2n) is 4.47. The highest BCUT2D eigenvalue weighted by Crippen LogP contribution is 2.39. The summed E-state index contributed by atoms with van der Waals surface area (Å²) in [7, 11) is -1.56. The number of hydrogen-bond donors (Lipinski definition) is 0. The maximum Gasteiger partial charge on any atom is 0.0987 e. The first-order chi connectivity index (χ1) is 4.73. The Bertz CT molecular complexity index is 203. The third kappa shape index (κ3) is 1.94. The molecule has 0 aromatic carbocycles. The molecule has 0 amide bonds. The van der Waals surface area contributed by atoms with Gasteiger partial charge in [0.15, 0.2) is 0 Å². The van der Waals surface area contributed by atoms with Gasteiger partial charge in [-0.1, -0.05) is 40.4 Å². The lowest BCUT2D eigenvalue weighted by Gasteiger charge is -2.35. The van der Waals surface area contributed by atoms with Crippen LogP contribution in [0, 0.1) is 11.3 Å². The average Bonchev–Trinajstić information content (AvgIpc) is 1.83. The second-order valence-corrected chi connectivity index (χ2v) is 9.82. The summed E-state index contributed by atoms with van der Waals surface area (Å²) in [6, 6.07) is 2.18. The van der Waals surface area contributed by atoms with Gasteiger partial charge in [-0.2, -0.15) is 5.26 Å². The lowest BCUT2D eigenvalue weighted by atomic mass is 10.2. The fourth-order valence-corrected chi connectivity index (χ4v) is 1.78. The molecule has 0 N–H and O–H groups in total. The van der Waals surface area contributed by atoms with Crippen LogP contribution in [0.1, 0.15) is 20.8 Å². The van der Waals surface area contributed by atoms with Crippen LogP contribution in [0.15, 0.2) is 11.8 Å². The molecule has 0 fully saturated rings. The number of nitrogens with zero attached hydrogens (tertiary/aromatic N) is 1. The van der Waals surface area contributed by atoms with E-state index in [9.17, 15) is 0 Å². The van der Waals surface area contributed by atoms with Crippen molar-refractivity contribution in [3.63, 3.8) is 0 Å². The molecule has 0 unspecified atom stereocenters. The molecular weight excluding hydrogens is 150 g/mol. The molecule has 0 spiro atoms. The molecule has 0 atom stereocenters. The van der Waals surface area contributed by atoms with E-state index in [4.69, 9.17) is 5.26 Å². The van der Waals surface area contributed by atoms with Crippen molar-refractivity contribution in [1.29, 1.82) is 5.26 Å². The van der Waals surface area contributed by atoms with Crippen LogP contribution >= 0.6 is 0 Å². The van der Waals surface area contributed by atoms with Crippen molar-refractivity contribution in [2.45, 2.75) is 38.9 Å². The Hall–Kier alpha value is -0.553. The molecule has 62 valence electrons. The molecule has 0 aliphatic heterocycles. The standard InChI is InChI=1S/C9H17NSi/c1-8(7-10)11(5,6)9(2,3)4/h1H2,2-6H3. The van der Waals surface area contributed by atoms with Crippen LogP contribution in [0.25, 0.3) is 0 Å². The minimum atomic E-state index is -1.56. The Kier molecular flexibility index (Phi) is 2.68. The zero-order valence-corrected chi connectivity index (χ0v) is 9.15. The smallest absolute Gasteiger partial charge is 0.0987 e. The highest BCUT2D eigenvalue weighted by atomic mass is 28.3. The summed E-state index contributed by atoms with van der Waals surface area (Å²) in [6.07, 6.45) is 0. The van der Waals surface area contributed by atoms with E-state index in [1.807, 2.05) is 0 Å². The minimum absolute atomic E-state index is 0.236. The van der Waals surface area contributed by atoms with Gasteiger partial charge in [0.1, 0.15) is 0 Å². The summed E-state index contributed by atoms with van der Waals surface area (Å²) < 4.78 is 0. The zero-order chi connectivity index (χ0) is 9.28. The predicted molar refractivity (Wildman–Crippen MR) is 52.0 cm³/mol. The normalized spacial score (nSPS) is 12.4. The van der Waals surface area contributed by atoms with Crippen molar-refractivity contribution in [3.05, 3.63) is 11.8 Å². The number of rotatable bonds is 1. The molecule has 0 aromatic rings. The summed E-state index contributed by atoms with van der Waals surface area (Å²) in [5.41, 5.74) is 0. The summed E-state index contributed by atoms with van der Waals surface area (Å²) in [5.74, 6) is 0. The van der Waals surface area contributed by atoms with Crippen LogP contribution in [-0.4, -0.2) is 8.07 Å². The van der Waals surface area contributed by atoms with Gasteiger partial charge in [-0.15, -0.1) is 0 Å². The summed E-state index contributed by atoms with van der Waals surface area (Å²) in [5, 5.41) is 9.75. The minimum Gasteiger partial charge on any atom is -0.193 e. The summed E-state index contributed by atoms with van der Waals surface area (Å²) >= 11 is 0. The third-order valence-electron chi connectivity index (χ3n) is 2.76. The van der Waals surface area contributed by atoms with Gasteiger partial charge in [0.25, 0.3) is 0 Å². The van der Waals surface area contributed by atoms with E-state index in [0.29, 0.717) is 0 Å². The number of hydrogen-bond acceptors (Lipinski definition) is 1. The number of nitriles is 1. The Labute approximate surface area is 70.7 Å². The largest absolute Gasteiger partial charge is 0.193 e. The van der Waals surface area contributed by atoms with Crippen LogP contribution in [0.2, 0.25) is 18.1 Å². The second kappa shape index (κ2) is 2.82. The first-order valence-electron chi connectivity index (χ1n) is 3.83. The van der Waals surface area contributed by atoms with Crippen LogP contribution in [0.5, 0.6) is 0 Å².